The number of methoxy groups -OCH3 is 1. The Morgan fingerprint density at radius 1 is 1.25 bits per heavy atom. The lowest BCUT2D eigenvalue weighted by Crippen LogP contribution is -1.95. The summed E-state index contributed by atoms with van der Waals surface area (Å²) in [5.74, 6) is 1.76. The van der Waals surface area contributed by atoms with Crippen molar-refractivity contribution in [2.45, 2.75) is 19.8 Å². The smallest absolute Gasteiger partial charge is 0.131 e. The number of nitrogens with two attached hydrogens (primary N) is 1. The van der Waals surface area contributed by atoms with E-state index in [9.17, 15) is 0 Å². The molecule has 1 aromatic carbocycles. The SMILES string of the molecule is COc1cc(N)nc2ccc(C(C)C)cc12. The molecule has 3 heteroatoms. The number of ether oxygens (including phenoxy) is 1. The van der Waals surface area contributed by atoms with Crippen LogP contribution in [0.3, 0.4) is 0 Å². The number of anilines is 1. The molecular weight excluding hydrogens is 200 g/mol. The third kappa shape index (κ3) is 1.81. The highest BCUT2D eigenvalue weighted by atomic mass is 16.5. The molecule has 2 rings (SSSR count). The second-order valence-corrected chi connectivity index (χ2v) is 4.18. The van der Waals surface area contributed by atoms with Crippen LogP contribution >= 0.6 is 0 Å². The third-order valence-corrected chi connectivity index (χ3v) is 2.70. The van der Waals surface area contributed by atoms with Crippen molar-refractivity contribution >= 4 is 16.7 Å². The van der Waals surface area contributed by atoms with E-state index in [4.69, 9.17) is 10.5 Å². The summed E-state index contributed by atoms with van der Waals surface area (Å²) in [6, 6.07) is 7.94. The minimum Gasteiger partial charge on any atom is -0.496 e. The Bertz CT molecular complexity index is 521. The van der Waals surface area contributed by atoms with Gasteiger partial charge in [-0.3, -0.25) is 0 Å². The van der Waals surface area contributed by atoms with Crippen LogP contribution in [0.5, 0.6) is 5.75 Å². The fourth-order valence-corrected chi connectivity index (χ4v) is 1.76. The zero-order valence-corrected chi connectivity index (χ0v) is 9.82. The van der Waals surface area contributed by atoms with E-state index in [1.165, 1.54) is 5.56 Å². The molecule has 0 aliphatic carbocycles. The van der Waals surface area contributed by atoms with Crippen molar-refractivity contribution in [2.24, 2.45) is 0 Å². The molecule has 0 atom stereocenters. The summed E-state index contributed by atoms with van der Waals surface area (Å²) in [5, 5.41) is 1.02. The molecule has 0 saturated heterocycles. The van der Waals surface area contributed by atoms with Gasteiger partial charge in [-0.15, -0.1) is 0 Å². The lowest BCUT2D eigenvalue weighted by Gasteiger charge is -2.10. The molecule has 0 fully saturated rings. The van der Waals surface area contributed by atoms with Crippen molar-refractivity contribution in [3.8, 4) is 5.75 Å². The predicted molar refractivity (Wildman–Crippen MR) is 66.8 cm³/mol. The van der Waals surface area contributed by atoms with Gasteiger partial charge in [-0.2, -0.15) is 0 Å². The maximum absolute atomic E-state index is 5.71. The van der Waals surface area contributed by atoms with Crippen LogP contribution in [0, 0.1) is 0 Å². The van der Waals surface area contributed by atoms with E-state index in [1.807, 2.05) is 6.07 Å². The van der Waals surface area contributed by atoms with Crippen molar-refractivity contribution in [1.82, 2.24) is 4.98 Å². The van der Waals surface area contributed by atoms with Gasteiger partial charge in [0.05, 0.1) is 12.6 Å². The minimum atomic E-state index is 0.488. The summed E-state index contributed by atoms with van der Waals surface area (Å²) in [5.41, 5.74) is 7.86. The third-order valence-electron chi connectivity index (χ3n) is 2.70. The second-order valence-electron chi connectivity index (χ2n) is 4.18. The van der Waals surface area contributed by atoms with Gasteiger partial charge in [0, 0.05) is 11.5 Å². The number of aromatic nitrogens is 1. The quantitative estimate of drug-likeness (QED) is 0.839. The van der Waals surface area contributed by atoms with Crippen molar-refractivity contribution in [1.29, 1.82) is 0 Å². The molecule has 3 nitrogen and oxygen atoms in total. The highest BCUT2D eigenvalue weighted by Crippen LogP contribution is 2.29. The Balaban J connectivity index is 2.71. The van der Waals surface area contributed by atoms with E-state index in [0.717, 1.165) is 16.7 Å². The summed E-state index contributed by atoms with van der Waals surface area (Å²) >= 11 is 0. The number of nitrogens with zero attached hydrogens (tertiary/aromatic N) is 1. The van der Waals surface area contributed by atoms with Crippen LogP contribution < -0.4 is 10.5 Å². The van der Waals surface area contributed by atoms with Gasteiger partial charge in [-0.25, -0.2) is 4.98 Å². The monoisotopic (exact) mass is 216 g/mol. The largest absolute Gasteiger partial charge is 0.496 e. The molecule has 0 amide bonds. The summed E-state index contributed by atoms with van der Waals surface area (Å²) in [7, 11) is 1.65. The van der Waals surface area contributed by atoms with Crippen LogP contribution in [0.1, 0.15) is 25.3 Å². The van der Waals surface area contributed by atoms with Crippen LogP contribution in [-0.4, -0.2) is 12.1 Å². The highest BCUT2D eigenvalue weighted by Gasteiger charge is 2.07. The van der Waals surface area contributed by atoms with Gasteiger partial charge < -0.3 is 10.5 Å². The predicted octanol–water partition coefficient (Wildman–Crippen LogP) is 2.95. The topological polar surface area (TPSA) is 48.1 Å². The first-order chi connectivity index (χ1) is 7.61. The molecule has 2 aromatic rings. The van der Waals surface area contributed by atoms with E-state index < -0.39 is 0 Å². The molecule has 0 saturated carbocycles. The first-order valence-corrected chi connectivity index (χ1v) is 5.36. The minimum absolute atomic E-state index is 0.488. The van der Waals surface area contributed by atoms with Crippen LogP contribution in [0.4, 0.5) is 5.82 Å². The second kappa shape index (κ2) is 4.00. The number of hydrogen-bond donors (Lipinski definition) is 1. The maximum Gasteiger partial charge on any atom is 0.131 e. The zero-order chi connectivity index (χ0) is 11.7. The highest BCUT2D eigenvalue weighted by molar-refractivity contribution is 5.87. The molecular formula is C13H16N2O. The van der Waals surface area contributed by atoms with Crippen LogP contribution in [-0.2, 0) is 0 Å². The fourth-order valence-electron chi connectivity index (χ4n) is 1.76. The first kappa shape index (κ1) is 10.7. The Morgan fingerprint density at radius 2 is 2.00 bits per heavy atom. The summed E-state index contributed by atoms with van der Waals surface area (Å²) < 4.78 is 5.32. The Morgan fingerprint density at radius 3 is 2.62 bits per heavy atom. The standard InChI is InChI=1S/C13H16N2O/c1-8(2)9-4-5-11-10(6-9)12(16-3)7-13(14)15-11/h4-8H,1-3H3,(H2,14,15). The molecule has 0 unspecified atom stereocenters. The number of hydrogen-bond acceptors (Lipinski definition) is 3. The zero-order valence-electron chi connectivity index (χ0n) is 9.82. The van der Waals surface area contributed by atoms with E-state index in [1.54, 1.807) is 13.2 Å². The lowest BCUT2D eigenvalue weighted by molar-refractivity contribution is 0.419. The normalized spacial score (nSPS) is 11.0. The van der Waals surface area contributed by atoms with Crippen molar-refractivity contribution in [3.05, 3.63) is 29.8 Å². The summed E-state index contributed by atoms with van der Waals surface area (Å²) in [4.78, 5) is 4.28. The molecule has 0 aliphatic heterocycles. The number of fused-ring (bicyclic) bond motifs is 1. The van der Waals surface area contributed by atoms with Crippen LogP contribution in [0.15, 0.2) is 24.3 Å². The molecule has 84 valence electrons. The van der Waals surface area contributed by atoms with Gasteiger partial charge in [0.25, 0.3) is 0 Å². The van der Waals surface area contributed by atoms with Gasteiger partial charge >= 0.3 is 0 Å². The lowest BCUT2D eigenvalue weighted by atomic mass is 10.0. The van der Waals surface area contributed by atoms with Gasteiger partial charge in [-0.1, -0.05) is 19.9 Å². The molecule has 0 aliphatic rings. The Kier molecular flexibility index (Phi) is 2.69. The Labute approximate surface area is 95.2 Å². The van der Waals surface area contributed by atoms with E-state index >= 15 is 0 Å². The van der Waals surface area contributed by atoms with Gasteiger partial charge in [0.1, 0.15) is 11.6 Å². The molecule has 16 heavy (non-hydrogen) atoms. The number of rotatable bonds is 2. The average molecular weight is 216 g/mol. The summed E-state index contributed by atoms with van der Waals surface area (Å²) in [6.45, 7) is 4.33. The van der Waals surface area contributed by atoms with E-state index in [0.29, 0.717) is 11.7 Å². The first-order valence-electron chi connectivity index (χ1n) is 5.36. The molecule has 2 N–H and O–H groups in total. The number of pyridine rings is 1. The molecule has 0 spiro atoms. The number of benzene rings is 1. The molecule has 0 bridgehead atoms. The van der Waals surface area contributed by atoms with E-state index in [2.05, 4.69) is 31.0 Å². The van der Waals surface area contributed by atoms with E-state index in [-0.39, 0.29) is 0 Å². The molecule has 1 aromatic heterocycles. The fraction of sp³-hybridized carbons (Fsp3) is 0.308. The van der Waals surface area contributed by atoms with Gasteiger partial charge in [0.2, 0.25) is 0 Å². The van der Waals surface area contributed by atoms with Crippen LogP contribution in [0.2, 0.25) is 0 Å². The van der Waals surface area contributed by atoms with Gasteiger partial charge in [0.15, 0.2) is 0 Å². The molecule has 1 heterocycles. The Hall–Kier alpha value is -1.77. The maximum atomic E-state index is 5.71. The van der Waals surface area contributed by atoms with Crippen molar-refractivity contribution in [3.63, 3.8) is 0 Å². The molecule has 0 radical (unpaired) electrons. The number of nitrogen functional groups attached to an aromatic ring is 1. The average Bonchev–Trinajstić information content (AvgIpc) is 2.27. The summed E-state index contributed by atoms with van der Waals surface area (Å²) in [6.07, 6.45) is 0. The van der Waals surface area contributed by atoms with Gasteiger partial charge in [-0.05, 0) is 23.6 Å². The van der Waals surface area contributed by atoms with Crippen molar-refractivity contribution < 1.29 is 4.74 Å². The van der Waals surface area contributed by atoms with Crippen molar-refractivity contribution in [2.75, 3.05) is 12.8 Å². The van der Waals surface area contributed by atoms with Crippen LogP contribution in [0.25, 0.3) is 10.9 Å².